The van der Waals surface area contributed by atoms with Crippen molar-refractivity contribution >= 4 is 46.0 Å². The number of fused-ring (bicyclic) bond motifs is 1. The molecule has 4 aromatic rings. The Morgan fingerprint density at radius 2 is 1.95 bits per heavy atom. The zero-order chi connectivity index (χ0) is 27.4. The second-order valence-electron chi connectivity index (χ2n) is 9.53. The Bertz CT molecular complexity index is 1430. The molecular formula is C29H30Cl2FN5O2. The molecule has 1 aromatic carbocycles. The number of H-pyrrole nitrogens is 1. The van der Waals surface area contributed by atoms with Gasteiger partial charge in [0.1, 0.15) is 17.7 Å². The molecule has 0 amide bonds. The van der Waals surface area contributed by atoms with E-state index in [1.54, 1.807) is 18.3 Å². The van der Waals surface area contributed by atoms with E-state index in [2.05, 4.69) is 32.0 Å². The Morgan fingerprint density at radius 3 is 2.64 bits per heavy atom. The summed E-state index contributed by atoms with van der Waals surface area (Å²) in [5.41, 5.74) is 3.19. The van der Waals surface area contributed by atoms with Gasteiger partial charge in [-0.25, -0.2) is 4.39 Å². The molecule has 4 heterocycles. The number of hydrogen-bond acceptors (Lipinski definition) is 6. The normalized spacial score (nSPS) is 15.7. The minimum absolute atomic E-state index is 0.401. The summed E-state index contributed by atoms with van der Waals surface area (Å²) in [5.74, 6) is 0.165. The van der Waals surface area contributed by atoms with Gasteiger partial charge in [-0.1, -0.05) is 30.1 Å². The molecule has 5 rings (SSSR count). The molecule has 1 atom stereocenters. The third-order valence-electron chi connectivity index (χ3n) is 7.01. The number of aromatic amines is 1. The van der Waals surface area contributed by atoms with Crippen molar-refractivity contribution in [1.82, 2.24) is 25.1 Å². The monoisotopic (exact) mass is 569 g/mol. The topological polar surface area (TPSA) is 76.2 Å². The molecule has 1 N–H and O–H groups in total. The van der Waals surface area contributed by atoms with Crippen molar-refractivity contribution in [1.29, 1.82) is 0 Å². The van der Waals surface area contributed by atoms with E-state index in [0.717, 1.165) is 50.2 Å². The Labute approximate surface area is 237 Å². The van der Waals surface area contributed by atoms with Crippen LogP contribution in [0.25, 0.3) is 22.8 Å². The predicted molar refractivity (Wildman–Crippen MR) is 153 cm³/mol. The van der Waals surface area contributed by atoms with Crippen LogP contribution in [0.1, 0.15) is 55.3 Å². The molecule has 0 aliphatic carbocycles. The lowest BCUT2D eigenvalue weighted by molar-refractivity contribution is 0.0326. The molecule has 0 saturated carbocycles. The molecule has 1 aliphatic rings. The van der Waals surface area contributed by atoms with Crippen molar-refractivity contribution in [2.45, 2.75) is 45.4 Å². The Hall–Kier alpha value is -3.04. The van der Waals surface area contributed by atoms with E-state index in [4.69, 9.17) is 32.7 Å². The highest BCUT2D eigenvalue weighted by Crippen LogP contribution is 2.34. The maximum absolute atomic E-state index is 15.3. The fourth-order valence-electron chi connectivity index (χ4n) is 4.89. The van der Waals surface area contributed by atoms with Gasteiger partial charge in [-0.3, -0.25) is 20.0 Å². The lowest BCUT2D eigenvalue weighted by Gasteiger charge is -2.33. The standard InChI is InChI=1S/C29H30Cl2FN5O2/c1-3-37(21-8-10-38-11-9-21)17-20-5-4-19(14-34-20)26(32)13-28-23-12-22(6-7-27(23)35-36-28)39-18(2)29-24(30)15-33-16-25(29)31/h4-7,12-16,18,21H,3,8-11,17H2,1-2H3,(H,35,36)/b26-13-/t18-/m1/s1. The summed E-state index contributed by atoms with van der Waals surface area (Å²) in [6.45, 7) is 7.27. The van der Waals surface area contributed by atoms with Crippen molar-refractivity contribution in [3.8, 4) is 5.75 Å². The van der Waals surface area contributed by atoms with Crippen LogP contribution in [-0.2, 0) is 11.3 Å². The SMILES string of the molecule is CCN(Cc1ccc(/C(F)=C/c2[nH]nc3ccc(O[C@H](C)c4c(Cl)cncc4Cl)cc23)cn1)C1CCOCC1. The molecule has 7 nitrogen and oxygen atoms in total. The number of pyridine rings is 2. The largest absolute Gasteiger partial charge is 0.486 e. The molecule has 39 heavy (non-hydrogen) atoms. The summed E-state index contributed by atoms with van der Waals surface area (Å²) >= 11 is 12.6. The van der Waals surface area contributed by atoms with Gasteiger partial charge < -0.3 is 9.47 Å². The smallest absolute Gasteiger partial charge is 0.134 e. The number of rotatable bonds is 9. The molecule has 1 saturated heterocycles. The van der Waals surface area contributed by atoms with Crippen LogP contribution in [0.4, 0.5) is 4.39 Å². The summed E-state index contributed by atoms with van der Waals surface area (Å²) in [6.07, 6.45) is 7.69. The minimum Gasteiger partial charge on any atom is -0.486 e. The first-order valence-corrected chi connectivity index (χ1v) is 13.8. The molecule has 10 heteroatoms. The summed E-state index contributed by atoms with van der Waals surface area (Å²) < 4.78 is 26.9. The number of nitrogens with one attached hydrogen (secondary N) is 1. The van der Waals surface area contributed by atoms with E-state index in [9.17, 15) is 0 Å². The maximum atomic E-state index is 15.3. The van der Waals surface area contributed by atoms with Crippen molar-refractivity contribution in [3.05, 3.63) is 81.5 Å². The molecule has 0 radical (unpaired) electrons. The van der Waals surface area contributed by atoms with Gasteiger partial charge in [0.2, 0.25) is 0 Å². The van der Waals surface area contributed by atoms with Gasteiger partial charge in [0.15, 0.2) is 0 Å². The summed E-state index contributed by atoms with van der Waals surface area (Å²) in [6, 6.07) is 9.57. The lowest BCUT2D eigenvalue weighted by atomic mass is 10.1. The zero-order valence-corrected chi connectivity index (χ0v) is 23.3. The summed E-state index contributed by atoms with van der Waals surface area (Å²) in [5, 5.41) is 8.79. The average molecular weight is 570 g/mol. The highest BCUT2D eigenvalue weighted by molar-refractivity contribution is 6.35. The minimum atomic E-state index is -0.423. The van der Waals surface area contributed by atoms with Crippen molar-refractivity contribution in [2.75, 3.05) is 19.8 Å². The van der Waals surface area contributed by atoms with E-state index >= 15 is 4.39 Å². The number of nitrogens with zero attached hydrogens (tertiary/aromatic N) is 4. The zero-order valence-electron chi connectivity index (χ0n) is 21.8. The van der Waals surface area contributed by atoms with Crippen LogP contribution in [-0.4, -0.2) is 50.9 Å². The molecule has 3 aromatic heterocycles. The second-order valence-corrected chi connectivity index (χ2v) is 10.3. The number of halogens is 3. The summed E-state index contributed by atoms with van der Waals surface area (Å²) in [4.78, 5) is 10.9. The van der Waals surface area contributed by atoms with Gasteiger partial charge in [-0.05, 0) is 56.6 Å². The van der Waals surface area contributed by atoms with E-state index in [-0.39, 0.29) is 0 Å². The molecule has 1 aliphatic heterocycles. The molecular weight excluding hydrogens is 540 g/mol. The maximum Gasteiger partial charge on any atom is 0.134 e. The van der Waals surface area contributed by atoms with Crippen LogP contribution >= 0.6 is 23.2 Å². The number of aromatic nitrogens is 4. The molecule has 0 spiro atoms. The second kappa shape index (κ2) is 12.4. The average Bonchev–Trinajstić information content (AvgIpc) is 3.34. The van der Waals surface area contributed by atoms with Crippen molar-refractivity contribution in [3.63, 3.8) is 0 Å². The molecule has 1 fully saturated rings. The van der Waals surface area contributed by atoms with Crippen LogP contribution in [0.5, 0.6) is 5.75 Å². The Kier molecular flexibility index (Phi) is 8.77. The van der Waals surface area contributed by atoms with E-state index in [1.807, 2.05) is 25.1 Å². The van der Waals surface area contributed by atoms with Gasteiger partial charge in [-0.2, -0.15) is 5.10 Å². The van der Waals surface area contributed by atoms with Crippen LogP contribution in [0, 0.1) is 0 Å². The van der Waals surface area contributed by atoms with Gasteiger partial charge in [0.25, 0.3) is 0 Å². The van der Waals surface area contributed by atoms with Crippen molar-refractivity contribution < 1.29 is 13.9 Å². The first-order valence-electron chi connectivity index (χ1n) is 13.0. The highest BCUT2D eigenvalue weighted by Gasteiger charge is 2.21. The van der Waals surface area contributed by atoms with Gasteiger partial charge >= 0.3 is 0 Å². The fraction of sp³-hybridized carbons (Fsp3) is 0.345. The predicted octanol–water partition coefficient (Wildman–Crippen LogP) is 7.27. The van der Waals surface area contributed by atoms with E-state index < -0.39 is 11.9 Å². The van der Waals surface area contributed by atoms with Crippen LogP contribution in [0.15, 0.2) is 48.9 Å². The van der Waals surface area contributed by atoms with E-state index in [1.165, 1.54) is 18.5 Å². The van der Waals surface area contributed by atoms with Crippen LogP contribution < -0.4 is 4.74 Å². The Morgan fingerprint density at radius 1 is 1.18 bits per heavy atom. The Balaban J connectivity index is 1.31. The quantitative estimate of drug-likeness (QED) is 0.228. The molecule has 204 valence electrons. The van der Waals surface area contributed by atoms with Gasteiger partial charge in [-0.15, -0.1) is 0 Å². The first-order chi connectivity index (χ1) is 18.9. The van der Waals surface area contributed by atoms with E-state index in [0.29, 0.717) is 44.2 Å². The molecule has 0 bridgehead atoms. The van der Waals surface area contributed by atoms with Crippen LogP contribution in [0.3, 0.4) is 0 Å². The third-order valence-corrected chi connectivity index (χ3v) is 7.62. The number of ether oxygens (including phenoxy) is 2. The number of benzene rings is 1. The lowest BCUT2D eigenvalue weighted by Crippen LogP contribution is -2.39. The summed E-state index contributed by atoms with van der Waals surface area (Å²) in [7, 11) is 0. The third kappa shape index (κ3) is 6.41. The first kappa shape index (κ1) is 27.5. The number of hydrogen-bond donors (Lipinski definition) is 1. The highest BCUT2D eigenvalue weighted by atomic mass is 35.5. The molecule has 0 unspecified atom stereocenters. The fourth-order valence-corrected chi connectivity index (χ4v) is 5.56. The van der Waals surface area contributed by atoms with Gasteiger partial charge in [0.05, 0.1) is 26.9 Å². The van der Waals surface area contributed by atoms with Crippen LogP contribution in [0.2, 0.25) is 10.0 Å². The van der Waals surface area contributed by atoms with Gasteiger partial charge in [0, 0.05) is 67.0 Å². The van der Waals surface area contributed by atoms with Crippen molar-refractivity contribution in [2.24, 2.45) is 0 Å².